The SMILES string of the molecule is COc1cc(C)c(S(=O)(=O)NC(N)=NCCC[C@H](NC(=O)[C@H](CCCCNC(=O)OC(C)(C)C)NC(=O)[C@H](COC(C)(C)C)NC(=O)[C@H](N)CC(C(=O)OC(C)(C)C)C(=O)OC(C)(C)C)C(=O)NCC(=O)O)c(C)c1C. The number of unbranched alkanes of at least 4 members (excludes halogenated alkanes) is 1. The second-order valence-electron chi connectivity index (χ2n) is 22.1. The molecule has 0 fully saturated rings. The molecule has 5 amide bonds. The number of nitrogens with zero attached hydrogens (tertiary/aromatic N) is 1. The van der Waals surface area contributed by atoms with Crippen molar-refractivity contribution < 1.29 is 75.6 Å². The predicted octanol–water partition coefficient (Wildman–Crippen LogP) is 2.18. The van der Waals surface area contributed by atoms with Crippen molar-refractivity contribution in [2.24, 2.45) is 22.4 Å². The number of amides is 5. The van der Waals surface area contributed by atoms with Crippen LogP contribution in [-0.4, -0.2) is 147 Å². The minimum absolute atomic E-state index is 0.0118. The summed E-state index contributed by atoms with van der Waals surface area (Å²) in [5.74, 6) is -8.79. The van der Waals surface area contributed by atoms with Gasteiger partial charge in [0, 0.05) is 13.1 Å². The van der Waals surface area contributed by atoms with E-state index in [1.165, 1.54) is 7.11 Å². The van der Waals surface area contributed by atoms with E-state index in [4.69, 9.17) is 35.2 Å². The molecule has 0 aliphatic rings. The normalized spacial score (nSPS) is 14.0. The van der Waals surface area contributed by atoms with Crippen molar-refractivity contribution in [3.05, 3.63) is 22.8 Å². The topological polar surface area (TPSA) is 374 Å². The second-order valence-corrected chi connectivity index (χ2v) is 23.7. The fourth-order valence-electron chi connectivity index (χ4n) is 6.90. The fraction of sp³-hybridized carbons (Fsp3) is 0.700. The largest absolute Gasteiger partial charge is 0.496 e. The molecule has 432 valence electrons. The van der Waals surface area contributed by atoms with Gasteiger partial charge in [0.2, 0.25) is 29.6 Å². The Kier molecular flexibility index (Phi) is 26.1. The average Bonchev–Trinajstić information content (AvgIpc) is 3.24. The molecule has 4 atom stereocenters. The van der Waals surface area contributed by atoms with Gasteiger partial charge in [0.05, 0.1) is 30.3 Å². The van der Waals surface area contributed by atoms with Crippen molar-refractivity contribution in [3.8, 4) is 5.75 Å². The minimum atomic E-state index is -4.23. The number of sulfonamides is 1. The lowest BCUT2D eigenvalue weighted by Crippen LogP contribution is -2.59. The quantitative estimate of drug-likeness (QED) is 0.0152. The lowest BCUT2D eigenvalue weighted by molar-refractivity contribution is -0.175. The molecule has 1 aromatic rings. The van der Waals surface area contributed by atoms with Crippen LogP contribution in [0.1, 0.15) is 138 Å². The molecule has 0 saturated carbocycles. The third-order valence-electron chi connectivity index (χ3n) is 10.4. The number of carbonyl (C=O) groups is 8. The van der Waals surface area contributed by atoms with E-state index >= 15 is 0 Å². The predicted molar refractivity (Wildman–Crippen MR) is 281 cm³/mol. The maximum absolute atomic E-state index is 14.3. The van der Waals surface area contributed by atoms with Gasteiger partial charge in [0.1, 0.15) is 47.2 Å². The maximum atomic E-state index is 14.3. The van der Waals surface area contributed by atoms with Crippen LogP contribution in [0.25, 0.3) is 0 Å². The molecule has 0 saturated heterocycles. The first-order valence-corrected chi connectivity index (χ1v) is 26.4. The fourth-order valence-corrected chi connectivity index (χ4v) is 8.38. The zero-order chi connectivity index (χ0) is 58.7. The number of methoxy groups -OCH3 is 1. The van der Waals surface area contributed by atoms with E-state index in [-0.39, 0.29) is 50.1 Å². The van der Waals surface area contributed by atoms with Crippen molar-refractivity contribution in [1.82, 2.24) is 31.3 Å². The Morgan fingerprint density at radius 3 is 1.67 bits per heavy atom. The third-order valence-corrected chi connectivity index (χ3v) is 12.1. The molecular formula is C50H85N9O16S. The van der Waals surface area contributed by atoms with Gasteiger partial charge >= 0.3 is 24.0 Å². The molecule has 0 aliphatic heterocycles. The van der Waals surface area contributed by atoms with E-state index in [1.807, 2.05) is 0 Å². The maximum Gasteiger partial charge on any atom is 0.407 e. The Morgan fingerprint density at radius 2 is 1.17 bits per heavy atom. The number of carboxylic acid groups (broad SMARTS) is 1. The van der Waals surface area contributed by atoms with Crippen LogP contribution in [0.3, 0.4) is 0 Å². The molecule has 26 heteroatoms. The second kappa shape index (κ2) is 29.3. The van der Waals surface area contributed by atoms with Gasteiger partial charge in [0.25, 0.3) is 10.0 Å². The van der Waals surface area contributed by atoms with Crippen LogP contribution < -0.4 is 47.5 Å². The van der Waals surface area contributed by atoms with Gasteiger partial charge in [-0.15, -0.1) is 0 Å². The summed E-state index contributed by atoms with van der Waals surface area (Å²) >= 11 is 0. The number of esters is 2. The average molecular weight is 1100 g/mol. The highest BCUT2D eigenvalue weighted by molar-refractivity contribution is 7.90. The van der Waals surface area contributed by atoms with Crippen molar-refractivity contribution in [3.63, 3.8) is 0 Å². The zero-order valence-electron chi connectivity index (χ0n) is 47.1. The molecule has 76 heavy (non-hydrogen) atoms. The van der Waals surface area contributed by atoms with Crippen LogP contribution in [0.2, 0.25) is 0 Å². The van der Waals surface area contributed by atoms with E-state index in [9.17, 15) is 51.9 Å². The minimum Gasteiger partial charge on any atom is -0.496 e. The van der Waals surface area contributed by atoms with Crippen molar-refractivity contribution in [1.29, 1.82) is 0 Å². The Morgan fingerprint density at radius 1 is 0.671 bits per heavy atom. The number of ether oxygens (including phenoxy) is 5. The van der Waals surface area contributed by atoms with Gasteiger partial charge in [-0.1, -0.05) is 0 Å². The smallest absolute Gasteiger partial charge is 0.407 e. The monoisotopic (exact) mass is 1100 g/mol. The molecule has 0 bridgehead atoms. The zero-order valence-corrected chi connectivity index (χ0v) is 47.9. The van der Waals surface area contributed by atoms with Crippen LogP contribution >= 0.6 is 0 Å². The number of nitrogens with two attached hydrogens (primary N) is 2. The number of aryl methyl sites for hydroxylation is 1. The highest BCUT2D eigenvalue weighted by atomic mass is 32.2. The number of alkyl carbamates (subject to hydrolysis) is 1. The van der Waals surface area contributed by atoms with E-state index < -0.39 is 136 Å². The van der Waals surface area contributed by atoms with Crippen molar-refractivity contribution in [2.75, 3.05) is 33.4 Å². The number of carbonyl (C=O) groups excluding carboxylic acids is 7. The van der Waals surface area contributed by atoms with E-state index in [0.717, 1.165) is 0 Å². The van der Waals surface area contributed by atoms with Crippen LogP contribution in [0.5, 0.6) is 5.75 Å². The van der Waals surface area contributed by atoms with E-state index in [2.05, 4.69) is 36.3 Å². The summed E-state index contributed by atoms with van der Waals surface area (Å²) in [6.45, 7) is 23.2. The molecule has 0 heterocycles. The molecule has 1 aromatic carbocycles. The molecule has 0 spiro atoms. The first-order chi connectivity index (χ1) is 34.7. The summed E-state index contributed by atoms with van der Waals surface area (Å²) in [6.07, 6.45) is -1.15. The number of aliphatic imine (C=N–C) groups is 1. The molecule has 0 aromatic heterocycles. The van der Waals surface area contributed by atoms with Gasteiger partial charge < -0.3 is 66.8 Å². The Hall–Kier alpha value is -6.28. The third kappa shape index (κ3) is 26.0. The number of nitrogens with one attached hydrogen (secondary N) is 6. The Bertz CT molecular complexity index is 2320. The number of rotatable bonds is 27. The molecule has 0 radical (unpaired) electrons. The molecular weight excluding hydrogens is 1010 g/mol. The van der Waals surface area contributed by atoms with Gasteiger partial charge in [-0.2, -0.15) is 0 Å². The number of hydrogen-bond donors (Lipinski definition) is 9. The summed E-state index contributed by atoms with van der Waals surface area (Å²) in [5.41, 5.74) is 10.0. The van der Waals surface area contributed by atoms with Crippen LogP contribution in [0.15, 0.2) is 16.0 Å². The van der Waals surface area contributed by atoms with Gasteiger partial charge in [-0.05, 0) is 165 Å². The Balaban J connectivity index is 3.57. The number of carboxylic acids is 1. The van der Waals surface area contributed by atoms with E-state index in [1.54, 1.807) is 110 Å². The first-order valence-electron chi connectivity index (χ1n) is 24.9. The number of aliphatic carboxylic acids is 1. The first kappa shape index (κ1) is 67.7. The highest BCUT2D eigenvalue weighted by Gasteiger charge is 2.39. The van der Waals surface area contributed by atoms with Crippen molar-refractivity contribution in [2.45, 2.75) is 194 Å². The highest BCUT2D eigenvalue weighted by Crippen LogP contribution is 2.30. The summed E-state index contributed by atoms with van der Waals surface area (Å²) in [4.78, 5) is 110. The summed E-state index contributed by atoms with van der Waals surface area (Å²) in [6, 6.07) is -4.47. The lowest BCUT2D eigenvalue weighted by Gasteiger charge is -2.29. The Labute approximate surface area is 447 Å². The molecule has 25 nitrogen and oxygen atoms in total. The number of hydrogen-bond acceptors (Lipinski definition) is 17. The molecule has 11 N–H and O–H groups in total. The van der Waals surface area contributed by atoms with Crippen LogP contribution in [-0.2, 0) is 62.5 Å². The molecule has 0 aliphatic carbocycles. The number of guanidine groups is 1. The summed E-state index contributed by atoms with van der Waals surface area (Å²) in [7, 11) is -2.77. The van der Waals surface area contributed by atoms with Gasteiger partial charge in [-0.25, -0.2) is 17.9 Å². The van der Waals surface area contributed by atoms with Crippen LogP contribution in [0, 0.1) is 26.7 Å². The van der Waals surface area contributed by atoms with Crippen LogP contribution in [0.4, 0.5) is 4.79 Å². The van der Waals surface area contributed by atoms with Crippen molar-refractivity contribution >= 4 is 63.6 Å². The lowest BCUT2D eigenvalue weighted by atomic mass is 9.98. The molecule has 0 unspecified atom stereocenters. The van der Waals surface area contributed by atoms with Gasteiger partial charge in [-0.3, -0.25) is 38.6 Å². The standard InChI is InChI=1S/C50H85N9O16S/c1-28-24-36(71-16)29(2)30(3)38(28)76(69,70)59-45(52)53-23-19-21-33(40(63)55-26-37(60)61)56-41(64)34(20-17-18-22-54-46(68)75-50(13,14)15)57-42(65)35(27-72-47(4,5)6)58-39(62)32(51)25-31(43(66)73-48(7,8)9)44(67)74-49(10,11)12/h24,31-35H,17-23,25-27,51H2,1-16H3,(H,54,68)(H,55,63)(H,56,64)(H,57,65)(H,58,62)(H,60,61)(H3,52,53,59)/t32-,33+,34+,35+/m1/s1. The van der Waals surface area contributed by atoms with E-state index in [0.29, 0.717) is 22.4 Å². The summed E-state index contributed by atoms with van der Waals surface area (Å²) in [5, 5.41) is 21.8. The summed E-state index contributed by atoms with van der Waals surface area (Å²) < 4.78 is 56.5. The molecule has 1 rings (SSSR count). The number of benzene rings is 1. The van der Waals surface area contributed by atoms with Gasteiger partial charge in [0.15, 0.2) is 5.92 Å².